The number of aromatic amines is 1. The molecule has 0 aliphatic rings. The number of carbonyl (C=O) groups excluding carboxylic acids is 1. The molecule has 0 aliphatic heterocycles. The number of benzene rings is 1. The van der Waals surface area contributed by atoms with Crippen LogP contribution in [-0.2, 0) is 20.1 Å². The van der Waals surface area contributed by atoms with Crippen molar-refractivity contribution in [2.45, 2.75) is 20.0 Å². The van der Waals surface area contributed by atoms with Crippen LogP contribution in [0.5, 0.6) is 0 Å². The molecule has 142 valence electrons. The van der Waals surface area contributed by atoms with Gasteiger partial charge in [-0.1, -0.05) is 24.3 Å². The summed E-state index contributed by atoms with van der Waals surface area (Å²) in [7, 11) is 1.69. The number of hydrogen-bond donors (Lipinski definition) is 2. The zero-order valence-electron chi connectivity index (χ0n) is 15.5. The average molecular weight is 377 g/mol. The van der Waals surface area contributed by atoms with Crippen LogP contribution >= 0.6 is 0 Å². The Labute approximate surface area is 160 Å². The largest absolute Gasteiger partial charge is 0.348 e. The van der Waals surface area contributed by atoms with Crippen molar-refractivity contribution in [2.24, 2.45) is 7.05 Å². The molecule has 0 bridgehead atoms. The van der Waals surface area contributed by atoms with E-state index in [1.165, 1.54) is 11.0 Å². The number of nitrogens with zero attached hydrogens (tertiary/aromatic N) is 5. The topological polar surface area (TPSA) is 110 Å². The fourth-order valence-electron chi connectivity index (χ4n) is 3.21. The predicted octanol–water partition coefficient (Wildman–Crippen LogP) is 1.14. The third kappa shape index (κ3) is 3.29. The first-order valence-corrected chi connectivity index (χ1v) is 8.76. The van der Waals surface area contributed by atoms with E-state index in [4.69, 9.17) is 0 Å². The second-order valence-corrected chi connectivity index (χ2v) is 6.55. The fraction of sp³-hybridized carbons (Fsp3) is 0.211. The molecule has 0 unspecified atom stereocenters. The van der Waals surface area contributed by atoms with Crippen LogP contribution in [0.25, 0.3) is 11.0 Å². The first-order valence-electron chi connectivity index (χ1n) is 8.76. The summed E-state index contributed by atoms with van der Waals surface area (Å²) in [6.07, 6.45) is 3.13. The molecule has 0 fully saturated rings. The van der Waals surface area contributed by atoms with E-state index in [1.807, 2.05) is 24.3 Å². The number of hydrogen-bond acceptors (Lipinski definition) is 5. The minimum atomic E-state index is -0.332. The van der Waals surface area contributed by atoms with E-state index in [0.29, 0.717) is 35.4 Å². The molecule has 0 spiro atoms. The highest BCUT2D eigenvalue weighted by atomic mass is 16.2. The van der Waals surface area contributed by atoms with Crippen molar-refractivity contribution in [3.63, 3.8) is 0 Å². The SMILES string of the molecule is Cc1cc(C(=O)NCc2ccccc2Cn2cncn2)c2c(=O)[nH]n(C)c2n1. The normalized spacial score (nSPS) is 11.1. The molecular formula is C19H19N7O2. The number of H-pyrrole nitrogens is 1. The van der Waals surface area contributed by atoms with Gasteiger partial charge in [0.05, 0.1) is 17.5 Å². The van der Waals surface area contributed by atoms with E-state index in [9.17, 15) is 9.59 Å². The molecule has 9 nitrogen and oxygen atoms in total. The van der Waals surface area contributed by atoms with Crippen molar-refractivity contribution in [3.05, 3.63) is 75.7 Å². The standard InChI is InChI=1S/C19H19N7O2/c1-12-7-15(16-17(23-12)25(2)24-19(16)28)18(27)21-8-13-5-3-4-6-14(13)9-26-11-20-10-22-26/h3-7,10-11H,8-9H2,1-2H3,(H,21,27)(H,24,28). The van der Waals surface area contributed by atoms with Gasteiger partial charge in [0.1, 0.15) is 12.7 Å². The molecule has 3 heterocycles. The summed E-state index contributed by atoms with van der Waals surface area (Å²) in [5, 5.41) is 9.98. The highest BCUT2D eigenvalue weighted by Crippen LogP contribution is 2.15. The number of aryl methyl sites for hydroxylation is 2. The average Bonchev–Trinajstić information content (AvgIpc) is 3.28. The van der Waals surface area contributed by atoms with Gasteiger partial charge in [0.15, 0.2) is 5.65 Å². The summed E-state index contributed by atoms with van der Waals surface area (Å²) in [5.41, 5.74) is 3.11. The van der Waals surface area contributed by atoms with Crippen molar-refractivity contribution in [1.82, 2.24) is 34.8 Å². The smallest absolute Gasteiger partial charge is 0.274 e. The molecular weight excluding hydrogens is 358 g/mol. The lowest BCUT2D eigenvalue weighted by atomic mass is 10.1. The molecule has 2 N–H and O–H groups in total. The summed E-state index contributed by atoms with van der Waals surface area (Å²) < 4.78 is 3.24. The lowest BCUT2D eigenvalue weighted by Crippen LogP contribution is -2.25. The molecule has 4 aromatic rings. The van der Waals surface area contributed by atoms with Gasteiger partial charge in [0.25, 0.3) is 11.5 Å². The second kappa shape index (κ2) is 7.10. The molecule has 0 saturated heterocycles. The number of carbonyl (C=O) groups is 1. The monoisotopic (exact) mass is 377 g/mol. The van der Waals surface area contributed by atoms with Crippen LogP contribution in [0.1, 0.15) is 27.2 Å². The minimum absolute atomic E-state index is 0.293. The molecule has 0 radical (unpaired) electrons. The number of aromatic nitrogens is 6. The molecule has 0 aliphatic carbocycles. The summed E-state index contributed by atoms with van der Waals surface area (Å²) in [5.74, 6) is -0.317. The Morgan fingerprint density at radius 3 is 2.79 bits per heavy atom. The highest BCUT2D eigenvalue weighted by molar-refractivity contribution is 6.05. The van der Waals surface area contributed by atoms with E-state index in [1.54, 1.807) is 31.0 Å². The maximum absolute atomic E-state index is 12.8. The summed E-state index contributed by atoms with van der Waals surface area (Å²) >= 11 is 0. The molecule has 3 aromatic heterocycles. The number of pyridine rings is 1. The van der Waals surface area contributed by atoms with Gasteiger partial charge in [0, 0.05) is 19.3 Å². The zero-order valence-corrected chi connectivity index (χ0v) is 15.5. The number of rotatable bonds is 5. The van der Waals surface area contributed by atoms with Crippen LogP contribution in [0.2, 0.25) is 0 Å². The molecule has 4 rings (SSSR count). The summed E-state index contributed by atoms with van der Waals surface area (Å²) in [6, 6.07) is 9.43. The fourth-order valence-corrected chi connectivity index (χ4v) is 3.21. The molecule has 28 heavy (non-hydrogen) atoms. The minimum Gasteiger partial charge on any atom is -0.348 e. The Kier molecular flexibility index (Phi) is 4.48. The molecule has 0 saturated carbocycles. The first-order chi connectivity index (χ1) is 13.5. The van der Waals surface area contributed by atoms with Gasteiger partial charge in [0.2, 0.25) is 0 Å². The molecule has 1 aromatic carbocycles. The van der Waals surface area contributed by atoms with Crippen molar-refractivity contribution in [1.29, 1.82) is 0 Å². The maximum atomic E-state index is 12.8. The Balaban J connectivity index is 1.59. The van der Waals surface area contributed by atoms with Crippen LogP contribution in [0, 0.1) is 6.92 Å². The van der Waals surface area contributed by atoms with Crippen LogP contribution in [0.4, 0.5) is 0 Å². The predicted molar refractivity (Wildman–Crippen MR) is 103 cm³/mol. The second-order valence-electron chi connectivity index (χ2n) is 6.55. The quantitative estimate of drug-likeness (QED) is 0.542. The number of amides is 1. The van der Waals surface area contributed by atoms with Gasteiger partial charge >= 0.3 is 0 Å². The molecule has 0 atom stereocenters. The van der Waals surface area contributed by atoms with E-state index in [0.717, 1.165) is 11.1 Å². The number of fused-ring (bicyclic) bond motifs is 1. The van der Waals surface area contributed by atoms with Crippen LogP contribution < -0.4 is 10.9 Å². The van der Waals surface area contributed by atoms with Crippen molar-refractivity contribution in [2.75, 3.05) is 0 Å². The van der Waals surface area contributed by atoms with Gasteiger partial charge < -0.3 is 5.32 Å². The highest BCUT2D eigenvalue weighted by Gasteiger charge is 2.18. The Morgan fingerprint density at radius 2 is 2.04 bits per heavy atom. The third-order valence-corrected chi connectivity index (χ3v) is 4.54. The van der Waals surface area contributed by atoms with Crippen LogP contribution in [0.3, 0.4) is 0 Å². The van der Waals surface area contributed by atoms with Gasteiger partial charge in [-0.05, 0) is 24.1 Å². The summed E-state index contributed by atoms with van der Waals surface area (Å²) in [6.45, 7) is 2.68. The van der Waals surface area contributed by atoms with Crippen LogP contribution in [0.15, 0.2) is 47.8 Å². The lowest BCUT2D eigenvalue weighted by Gasteiger charge is -2.11. The number of nitrogens with one attached hydrogen (secondary N) is 2. The van der Waals surface area contributed by atoms with Gasteiger partial charge in [-0.25, -0.2) is 14.6 Å². The Bertz CT molecular complexity index is 1200. The first kappa shape index (κ1) is 17.7. The van der Waals surface area contributed by atoms with Crippen molar-refractivity contribution >= 4 is 16.9 Å². The van der Waals surface area contributed by atoms with Crippen LogP contribution in [-0.4, -0.2) is 35.4 Å². The maximum Gasteiger partial charge on any atom is 0.274 e. The van der Waals surface area contributed by atoms with Gasteiger partial charge in [-0.2, -0.15) is 5.10 Å². The Morgan fingerprint density at radius 1 is 1.25 bits per heavy atom. The van der Waals surface area contributed by atoms with Crippen molar-refractivity contribution in [3.8, 4) is 0 Å². The van der Waals surface area contributed by atoms with E-state index in [2.05, 4.69) is 25.5 Å². The summed E-state index contributed by atoms with van der Waals surface area (Å²) in [4.78, 5) is 33.4. The van der Waals surface area contributed by atoms with E-state index in [-0.39, 0.29) is 11.5 Å². The molecule has 1 amide bonds. The van der Waals surface area contributed by atoms with Gasteiger partial charge in [-0.15, -0.1) is 0 Å². The Hall–Kier alpha value is -3.75. The van der Waals surface area contributed by atoms with Gasteiger partial charge in [-0.3, -0.25) is 19.4 Å². The lowest BCUT2D eigenvalue weighted by molar-refractivity contribution is 0.0952. The van der Waals surface area contributed by atoms with Crippen molar-refractivity contribution < 1.29 is 4.79 Å². The molecule has 9 heteroatoms. The zero-order chi connectivity index (χ0) is 19.7. The van der Waals surface area contributed by atoms with E-state index < -0.39 is 0 Å². The third-order valence-electron chi connectivity index (χ3n) is 4.54. The van der Waals surface area contributed by atoms with E-state index >= 15 is 0 Å².